The molecule has 48 heavy (non-hydrogen) atoms. The van der Waals surface area contributed by atoms with Crippen molar-refractivity contribution in [3.8, 4) is 28.1 Å². The molecule has 1 aliphatic carbocycles. The zero-order chi connectivity index (χ0) is 31.2. The molecule has 0 unspecified atom stereocenters. The molecule has 5 heteroatoms. The molecule has 2 aliphatic heterocycles. The van der Waals surface area contributed by atoms with Gasteiger partial charge in [-0.25, -0.2) is 0 Å². The first-order chi connectivity index (χ1) is 23.6. The third-order valence-electron chi connectivity index (χ3n) is 11.9. The first-order valence-electron chi connectivity index (χ1n) is 16.8. The Hall–Kier alpha value is -5.10. The highest BCUT2D eigenvalue weighted by atomic mass is 32.1. The van der Waals surface area contributed by atoms with Gasteiger partial charge in [-0.3, -0.25) is 0 Å². The molecular weight excluding hydrogens is 619 g/mol. The normalized spacial score (nSPS) is 15.0. The van der Waals surface area contributed by atoms with Gasteiger partial charge in [-0.2, -0.15) is 0 Å². The summed E-state index contributed by atoms with van der Waals surface area (Å²) in [6.07, 6.45) is 0. The molecule has 10 aromatic rings. The molecule has 0 bridgehead atoms. The van der Waals surface area contributed by atoms with Crippen molar-refractivity contribution in [3.05, 3.63) is 126 Å². The van der Waals surface area contributed by atoms with Gasteiger partial charge in [0.05, 0.1) is 26.4 Å². The number of hydrogen-bond donors (Lipinski definition) is 0. The van der Waals surface area contributed by atoms with Crippen molar-refractivity contribution >= 4 is 103 Å². The Kier molecular flexibility index (Phi) is 4.14. The van der Waals surface area contributed by atoms with Crippen molar-refractivity contribution in [2.45, 2.75) is 19.3 Å². The summed E-state index contributed by atoms with van der Waals surface area (Å²) in [5, 5.41) is 8.25. The van der Waals surface area contributed by atoms with Crippen LogP contribution in [0, 0.1) is 0 Å². The Labute approximate surface area is 284 Å². The molecule has 13 rings (SSSR count). The molecule has 0 fully saturated rings. The monoisotopic (exact) mass is 644 g/mol. The van der Waals surface area contributed by atoms with Crippen LogP contribution in [0.4, 0.5) is 0 Å². The average Bonchev–Trinajstić information content (AvgIpc) is 3.89. The maximum absolute atomic E-state index is 2.74. The van der Waals surface area contributed by atoms with E-state index in [1.165, 1.54) is 112 Å². The molecule has 0 amide bonds. The molecule has 0 N–H and O–H groups in total. The zero-order valence-electron chi connectivity index (χ0n) is 26.3. The van der Waals surface area contributed by atoms with E-state index in [1.807, 2.05) is 22.7 Å². The molecule has 6 aromatic carbocycles. The fraction of sp³-hybridized carbons (Fsp3) is 0.0698. The standard InChI is InChI=1S/C43H25BN2S2/c1-43(2)30-17-6-3-12-24(30)39-35(43)27-16-10-18-31-38(27)45(39)40-36-28(21-29-22-11-4-7-19-32(22)47-41(29)40)23-14-9-15-26-34-25-13-5-8-20-33(25)48-42(34)46(37(23)26)44(31)36/h3-21H,1-2H3. The van der Waals surface area contributed by atoms with Gasteiger partial charge in [0.15, 0.2) is 0 Å². The number of nitrogens with zero attached hydrogens (tertiary/aromatic N) is 2. The minimum atomic E-state index is -0.104. The van der Waals surface area contributed by atoms with E-state index in [0.29, 0.717) is 0 Å². The molecule has 0 radical (unpaired) electrons. The quantitative estimate of drug-likeness (QED) is 0.145. The van der Waals surface area contributed by atoms with Crippen molar-refractivity contribution in [1.82, 2.24) is 9.05 Å². The maximum Gasteiger partial charge on any atom is 0.333 e. The summed E-state index contributed by atoms with van der Waals surface area (Å²) in [5.74, 6) is 0. The van der Waals surface area contributed by atoms with Gasteiger partial charge in [-0.1, -0.05) is 111 Å². The number of benzene rings is 6. The van der Waals surface area contributed by atoms with Crippen molar-refractivity contribution < 1.29 is 0 Å². The van der Waals surface area contributed by atoms with E-state index < -0.39 is 0 Å². The second-order valence-corrected chi connectivity index (χ2v) is 16.5. The number of thiophene rings is 2. The van der Waals surface area contributed by atoms with E-state index in [2.05, 4.69) is 138 Å². The van der Waals surface area contributed by atoms with Crippen LogP contribution < -0.4 is 10.9 Å². The van der Waals surface area contributed by atoms with E-state index in [0.717, 1.165) is 0 Å². The number of fused-ring (bicyclic) bond motifs is 18. The van der Waals surface area contributed by atoms with E-state index >= 15 is 0 Å². The van der Waals surface area contributed by atoms with Crippen LogP contribution in [-0.2, 0) is 5.41 Å². The topological polar surface area (TPSA) is 9.86 Å². The lowest BCUT2D eigenvalue weighted by molar-refractivity contribution is 0.666. The Morgan fingerprint density at radius 2 is 1.31 bits per heavy atom. The summed E-state index contributed by atoms with van der Waals surface area (Å²) in [6.45, 7) is 4.94. The summed E-state index contributed by atoms with van der Waals surface area (Å²) in [6, 6.07) is 43.9. The van der Waals surface area contributed by atoms with E-state index in [9.17, 15) is 0 Å². The van der Waals surface area contributed by atoms with Gasteiger partial charge in [0.25, 0.3) is 0 Å². The lowest BCUT2D eigenvalue weighted by Gasteiger charge is -2.34. The molecule has 6 heterocycles. The molecule has 0 spiro atoms. The van der Waals surface area contributed by atoms with Gasteiger partial charge in [0.2, 0.25) is 0 Å². The number of rotatable bonds is 0. The summed E-state index contributed by atoms with van der Waals surface area (Å²) in [5.41, 5.74) is 15.3. The number of hydrogen-bond acceptors (Lipinski definition) is 2. The van der Waals surface area contributed by atoms with E-state index in [1.54, 1.807) is 0 Å². The second kappa shape index (κ2) is 7.95. The van der Waals surface area contributed by atoms with Crippen LogP contribution in [0.1, 0.15) is 25.0 Å². The lowest BCUT2D eigenvalue weighted by atomic mass is 9.45. The molecule has 4 aromatic heterocycles. The van der Waals surface area contributed by atoms with Crippen molar-refractivity contribution in [2.75, 3.05) is 0 Å². The van der Waals surface area contributed by atoms with Crippen LogP contribution in [0.2, 0.25) is 0 Å². The number of aromatic nitrogens is 2. The first-order valence-corrected chi connectivity index (χ1v) is 18.5. The van der Waals surface area contributed by atoms with Crippen molar-refractivity contribution in [1.29, 1.82) is 0 Å². The predicted octanol–water partition coefficient (Wildman–Crippen LogP) is 10.6. The third-order valence-corrected chi connectivity index (χ3v) is 14.2. The summed E-state index contributed by atoms with van der Waals surface area (Å²) >= 11 is 3.92. The summed E-state index contributed by atoms with van der Waals surface area (Å²) in [4.78, 5) is 1.38. The molecule has 0 atom stereocenters. The molecule has 222 valence electrons. The van der Waals surface area contributed by atoms with Crippen LogP contribution >= 0.6 is 22.7 Å². The Bertz CT molecular complexity index is 3160. The highest BCUT2D eigenvalue weighted by Gasteiger charge is 2.47. The molecule has 3 aliphatic rings. The fourth-order valence-corrected chi connectivity index (χ4v) is 12.6. The van der Waals surface area contributed by atoms with Crippen LogP contribution in [0.5, 0.6) is 0 Å². The Morgan fingerprint density at radius 3 is 2.21 bits per heavy atom. The largest absolute Gasteiger partial charge is 0.367 e. The van der Waals surface area contributed by atoms with Crippen LogP contribution in [0.25, 0.3) is 90.4 Å². The summed E-state index contributed by atoms with van der Waals surface area (Å²) < 4.78 is 9.57. The van der Waals surface area contributed by atoms with Crippen LogP contribution in [-0.4, -0.2) is 15.9 Å². The first kappa shape index (κ1) is 25.0. The van der Waals surface area contributed by atoms with Gasteiger partial charge in [0.1, 0.15) is 0 Å². The Balaban J connectivity index is 1.33. The van der Waals surface area contributed by atoms with Gasteiger partial charge < -0.3 is 9.05 Å². The van der Waals surface area contributed by atoms with Gasteiger partial charge >= 0.3 is 6.85 Å². The number of para-hydroxylation sites is 2. The third kappa shape index (κ3) is 2.55. The SMILES string of the molecule is CC1(C)c2ccccc2-c2c1c1cccc3c1n2-c1c2c(cc4c1sc1ccccc14)-c1cccc4c5c6ccccc6sc5n(c14)B23. The van der Waals surface area contributed by atoms with Gasteiger partial charge in [0, 0.05) is 63.8 Å². The minimum Gasteiger partial charge on any atom is -0.367 e. The zero-order valence-corrected chi connectivity index (χ0v) is 27.9. The summed E-state index contributed by atoms with van der Waals surface area (Å²) in [7, 11) is 0. The molecular formula is C43H25BN2S2. The van der Waals surface area contributed by atoms with Crippen molar-refractivity contribution in [2.24, 2.45) is 0 Å². The van der Waals surface area contributed by atoms with Gasteiger partial charge in [-0.15, -0.1) is 22.7 Å². The lowest BCUT2D eigenvalue weighted by Crippen LogP contribution is -2.55. The Morgan fingerprint density at radius 1 is 0.604 bits per heavy atom. The second-order valence-electron chi connectivity index (χ2n) is 14.4. The molecule has 2 nitrogen and oxygen atoms in total. The van der Waals surface area contributed by atoms with E-state index in [-0.39, 0.29) is 12.3 Å². The molecule has 0 saturated heterocycles. The fourth-order valence-electron chi connectivity index (χ4n) is 10.1. The average molecular weight is 645 g/mol. The highest BCUT2D eigenvalue weighted by molar-refractivity contribution is 7.27. The molecule has 0 saturated carbocycles. The predicted molar refractivity (Wildman–Crippen MR) is 208 cm³/mol. The smallest absolute Gasteiger partial charge is 0.333 e. The van der Waals surface area contributed by atoms with Gasteiger partial charge in [-0.05, 0) is 45.8 Å². The van der Waals surface area contributed by atoms with Crippen molar-refractivity contribution in [3.63, 3.8) is 0 Å². The van der Waals surface area contributed by atoms with Crippen LogP contribution in [0.15, 0.2) is 115 Å². The maximum atomic E-state index is 2.74. The van der Waals surface area contributed by atoms with E-state index in [4.69, 9.17) is 0 Å². The minimum absolute atomic E-state index is 0.0807. The highest BCUT2D eigenvalue weighted by Crippen LogP contribution is 2.56. The van der Waals surface area contributed by atoms with Crippen LogP contribution in [0.3, 0.4) is 0 Å².